The van der Waals surface area contributed by atoms with Crippen molar-refractivity contribution < 1.29 is 8.78 Å². The van der Waals surface area contributed by atoms with E-state index in [9.17, 15) is 8.78 Å². The van der Waals surface area contributed by atoms with E-state index in [4.69, 9.17) is 0 Å². The number of rotatable bonds is 5. The van der Waals surface area contributed by atoms with Gasteiger partial charge in [0.25, 0.3) is 0 Å². The van der Waals surface area contributed by atoms with Crippen molar-refractivity contribution in [1.29, 1.82) is 0 Å². The standard InChI is InChI=1S/C18H17F2N3/c1-13(17-8-7-15(19)9-18(17)20)22-16-10-21-23(12-16)11-14-5-3-2-4-6-14/h2-10,12-13,22H,11H2,1H3. The second kappa shape index (κ2) is 6.60. The fourth-order valence-corrected chi connectivity index (χ4v) is 2.48. The molecule has 0 amide bonds. The van der Waals surface area contributed by atoms with Gasteiger partial charge in [-0.3, -0.25) is 4.68 Å². The highest BCUT2D eigenvalue weighted by Crippen LogP contribution is 2.22. The predicted octanol–water partition coefficient (Wildman–Crippen LogP) is 4.38. The minimum absolute atomic E-state index is 0.287. The first-order chi connectivity index (χ1) is 11.1. The molecule has 23 heavy (non-hydrogen) atoms. The molecule has 0 fully saturated rings. The summed E-state index contributed by atoms with van der Waals surface area (Å²) in [7, 11) is 0. The zero-order chi connectivity index (χ0) is 16.2. The van der Waals surface area contributed by atoms with Gasteiger partial charge in [0.1, 0.15) is 11.6 Å². The van der Waals surface area contributed by atoms with Gasteiger partial charge >= 0.3 is 0 Å². The summed E-state index contributed by atoms with van der Waals surface area (Å²) in [6, 6.07) is 13.3. The quantitative estimate of drug-likeness (QED) is 0.757. The second-order valence-electron chi connectivity index (χ2n) is 5.44. The Morgan fingerprint density at radius 2 is 1.91 bits per heavy atom. The van der Waals surface area contributed by atoms with Crippen molar-refractivity contribution in [2.24, 2.45) is 0 Å². The first-order valence-electron chi connectivity index (χ1n) is 7.39. The van der Waals surface area contributed by atoms with Crippen molar-refractivity contribution in [2.45, 2.75) is 19.5 Å². The highest BCUT2D eigenvalue weighted by atomic mass is 19.1. The molecule has 0 aliphatic carbocycles. The van der Waals surface area contributed by atoms with Crippen LogP contribution in [-0.4, -0.2) is 9.78 Å². The van der Waals surface area contributed by atoms with Gasteiger partial charge in [0.15, 0.2) is 0 Å². The van der Waals surface area contributed by atoms with Gasteiger partial charge in [-0.15, -0.1) is 0 Å². The molecule has 0 saturated carbocycles. The molecule has 5 heteroatoms. The van der Waals surface area contributed by atoms with Crippen molar-refractivity contribution in [3.8, 4) is 0 Å². The van der Waals surface area contributed by atoms with Crippen LogP contribution in [0.2, 0.25) is 0 Å². The fraction of sp³-hybridized carbons (Fsp3) is 0.167. The van der Waals surface area contributed by atoms with Crippen LogP contribution in [0.1, 0.15) is 24.1 Å². The topological polar surface area (TPSA) is 29.9 Å². The van der Waals surface area contributed by atoms with E-state index >= 15 is 0 Å². The van der Waals surface area contributed by atoms with Crippen molar-refractivity contribution in [3.05, 3.63) is 83.7 Å². The Morgan fingerprint density at radius 3 is 2.65 bits per heavy atom. The molecule has 0 bridgehead atoms. The molecular formula is C18H17F2N3. The summed E-state index contributed by atoms with van der Waals surface area (Å²) in [6.45, 7) is 2.49. The molecule has 3 rings (SSSR count). The number of hydrogen-bond acceptors (Lipinski definition) is 2. The number of benzene rings is 2. The van der Waals surface area contributed by atoms with Crippen LogP contribution in [0.3, 0.4) is 0 Å². The van der Waals surface area contributed by atoms with Gasteiger partial charge in [-0.25, -0.2) is 8.78 Å². The third kappa shape index (κ3) is 3.74. The van der Waals surface area contributed by atoms with Crippen LogP contribution >= 0.6 is 0 Å². The van der Waals surface area contributed by atoms with Gasteiger partial charge in [0.05, 0.1) is 24.5 Å². The minimum atomic E-state index is -0.575. The number of halogens is 2. The summed E-state index contributed by atoms with van der Waals surface area (Å²) in [5.41, 5.74) is 2.36. The lowest BCUT2D eigenvalue weighted by molar-refractivity contribution is 0.566. The molecule has 1 unspecified atom stereocenters. The van der Waals surface area contributed by atoms with Gasteiger partial charge in [-0.05, 0) is 18.6 Å². The van der Waals surface area contributed by atoms with Crippen LogP contribution < -0.4 is 5.32 Å². The van der Waals surface area contributed by atoms with Crippen LogP contribution in [0.5, 0.6) is 0 Å². The smallest absolute Gasteiger partial charge is 0.131 e. The molecule has 0 spiro atoms. The van der Waals surface area contributed by atoms with E-state index in [2.05, 4.69) is 10.4 Å². The van der Waals surface area contributed by atoms with Crippen LogP contribution in [-0.2, 0) is 6.54 Å². The Bertz CT molecular complexity index is 784. The Labute approximate surface area is 133 Å². The van der Waals surface area contributed by atoms with Gasteiger partial charge in [0, 0.05) is 17.8 Å². The molecule has 0 saturated heterocycles. The maximum Gasteiger partial charge on any atom is 0.131 e. The van der Waals surface area contributed by atoms with E-state index in [1.54, 1.807) is 6.20 Å². The molecule has 1 N–H and O–H groups in total. The molecule has 0 aliphatic heterocycles. The maximum absolute atomic E-state index is 13.8. The molecule has 118 valence electrons. The normalized spacial score (nSPS) is 12.1. The molecule has 2 aromatic carbocycles. The SMILES string of the molecule is CC(Nc1cnn(Cc2ccccc2)c1)c1ccc(F)cc1F. The summed E-state index contributed by atoms with van der Waals surface area (Å²) in [5, 5.41) is 7.47. The average molecular weight is 313 g/mol. The summed E-state index contributed by atoms with van der Waals surface area (Å²) >= 11 is 0. The van der Waals surface area contributed by atoms with Crippen molar-refractivity contribution >= 4 is 5.69 Å². The molecule has 3 nitrogen and oxygen atoms in total. The highest BCUT2D eigenvalue weighted by Gasteiger charge is 2.12. The molecule has 0 radical (unpaired) electrons. The van der Waals surface area contributed by atoms with Crippen molar-refractivity contribution in [3.63, 3.8) is 0 Å². The van der Waals surface area contributed by atoms with E-state index in [1.165, 1.54) is 12.1 Å². The molecular weight excluding hydrogens is 296 g/mol. The largest absolute Gasteiger partial charge is 0.376 e. The van der Waals surface area contributed by atoms with Gasteiger partial charge < -0.3 is 5.32 Å². The van der Waals surface area contributed by atoms with Crippen molar-refractivity contribution in [1.82, 2.24) is 9.78 Å². The lowest BCUT2D eigenvalue weighted by Gasteiger charge is -2.14. The first kappa shape index (κ1) is 15.2. The summed E-state index contributed by atoms with van der Waals surface area (Å²) in [6.07, 6.45) is 3.56. The minimum Gasteiger partial charge on any atom is -0.376 e. The number of nitrogens with zero attached hydrogens (tertiary/aromatic N) is 2. The lowest BCUT2D eigenvalue weighted by Crippen LogP contribution is -2.08. The molecule has 1 aromatic heterocycles. The third-order valence-electron chi connectivity index (χ3n) is 3.63. The van der Waals surface area contributed by atoms with Crippen LogP contribution in [0, 0.1) is 11.6 Å². The highest BCUT2D eigenvalue weighted by molar-refractivity contribution is 5.42. The Hall–Kier alpha value is -2.69. The first-order valence-corrected chi connectivity index (χ1v) is 7.39. The van der Waals surface area contributed by atoms with E-state index in [0.717, 1.165) is 17.3 Å². The van der Waals surface area contributed by atoms with E-state index < -0.39 is 11.6 Å². The van der Waals surface area contributed by atoms with Crippen LogP contribution in [0.4, 0.5) is 14.5 Å². The lowest BCUT2D eigenvalue weighted by atomic mass is 10.1. The maximum atomic E-state index is 13.8. The third-order valence-corrected chi connectivity index (χ3v) is 3.63. The zero-order valence-corrected chi connectivity index (χ0v) is 12.7. The van der Waals surface area contributed by atoms with Gasteiger partial charge in [0.2, 0.25) is 0 Å². The monoisotopic (exact) mass is 313 g/mol. The van der Waals surface area contributed by atoms with E-state index in [1.807, 2.05) is 48.1 Å². The predicted molar refractivity (Wildman–Crippen MR) is 86.2 cm³/mol. The van der Waals surface area contributed by atoms with E-state index in [0.29, 0.717) is 12.1 Å². The average Bonchev–Trinajstić information content (AvgIpc) is 2.95. The molecule has 3 aromatic rings. The molecule has 1 heterocycles. The number of hydrogen-bond donors (Lipinski definition) is 1. The zero-order valence-electron chi connectivity index (χ0n) is 12.7. The van der Waals surface area contributed by atoms with Gasteiger partial charge in [-0.1, -0.05) is 36.4 Å². The number of aromatic nitrogens is 2. The molecule has 1 atom stereocenters. The van der Waals surface area contributed by atoms with Crippen molar-refractivity contribution in [2.75, 3.05) is 5.32 Å². The number of nitrogens with one attached hydrogen (secondary N) is 1. The second-order valence-corrected chi connectivity index (χ2v) is 5.44. The Balaban J connectivity index is 1.69. The number of anilines is 1. The summed E-state index contributed by atoms with van der Waals surface area (Å²) in [5.74, 6) is -1.13. The van der Waals surface area contributed by atoms with E-state index in [-0.39, 0.29) is 6.04 Å². The summed E-state index contributed by atoms with van der Waals surface area (Å²) in [4.78, 5) is 0. The summed E-state index contributed by atoms with van der Waals surface area (Å²) < 4.78 is 28.6. The van der Waals surface area contributed by atoms with Gasteiger partial charge in [-0.2, -0.15) is 5.10 Å². The Kier molecular flexibility index (Phi) is 4.37. The Morgan fingerprint density at radius 1 is 1.13 bits per heavy atom. The fourth-order valence-electron chi connectivity index (χ4n) is 2.48. The van der Waals surface area contributed by atoms with Crippen LogP contribution in [0.25, 0.3) is 0 Å². The van der Waals surface area contributed by atoms with Crippen LogP contribution in [0.15, 0.2) is 60.9 Å². The molecule has 0 aliphatic rings.